The number of nitrogens with one attached hydrogen (secondary N) is 1. The van der Waals surface area contributed by atoms with Crippen LogP contribution in [0.5, 0.6) is 0 Å². The van der Waals surface area contributed by atoms with Crippen LogP contribution in [0.3, 0.4) is 0 Å². The molecule has 0 aromatic heterocycles. The molecule has 88 valence electrons. The van der Waals surface area contributed by atoms with Crippen molar-refractivity contribution in [1.29, 1.82) is 0 Å². The fourth-order valence-electron chi connectivity index (χ4n) is 2.06. The van der Waals surface area contributed by atoms with E-state index in [4.69, 9.17) is 0 Å². The van der Waals surface area contributed by atoms with E-state index in [9.17, 15) is 0 Å². The molecule has 16 heavy (non-hydrogen) atoms. The van der Waals surface area contributed by atoms with Crippen LogP contribution in [-0.2, 0) is 0 Å². The van der Waals surface area contributed by atoms with Gasteiger partial charge in [0.25, 0.3) is 0 Å². The monoisotopic (exact) mass is 235 g/mol. The fourth-order valence-corrected chi connectivity index (χ4v) is 3.35. The van der Waals surface area contributed by atoms with E-state index in [1.165, 1.54) is 35.6 Å². The molecule has 0 amide bonds. The lowest BCUT2D eigenvalue weighted by atomic mass is 10.0. The average Bonchev–Trinajstić information content (AvgIpc) is 2.80. The minimum absolute atomic E-state index is 0.478. The third-order valence-corrected chi connectivity index (χ3v) is 4.55. The van der Waals surface area contributed by atoms with Crippen molar-refractivity contribution in [2.75, 3.05) is 18.1 Å². The van der Waals surface area contributed by atoms with Crippen molar-refractivity contribution in [3.8, 4) is 0 Å². The predicted molar refractivity (Wildman–Crippen MR) is 73.0 cm³/mol. The molecule has 1 N–H and O–H groups in total. The van der Waals surface area contributed by atoms with E-state index in [-0.39, 0.29) is 0 Å². The van der Waals surface area contributed by atoms with Crippen LogP contribution in [0.15, 0.2) is 24.3 Å². The summed E-state index contributed by atoms with van der Waals surface area (Å²) in [7, 11) is 0. The number of rotatable bonds is 4. The fraction of sp³-hybridized carbons (Fsp3) is 0.571. The largest absolute Gasteiger partial charge is 0.310 e. The highest BCUT2D eigenvalue weighted by molar-refractivity contribution is 7.99. The van der Waals surface area contributed by atoms with Crippen molar-refractivity contribution in [2.45, 2.75) is 26.3 Å². The van der Waals surface area contributed by atoms with Crippen molar-refractivity contribution in [2.24, 2.45) is 5.92 Å². The molecule has 0 aliphatic carbocycles. The van der Waals surface area contributed by atoms with Gasteiger partial charge >= 0.3 is 0 Å². The molecular formula is C14H21NS. The maximum Gasteiger partial charge on any atom is 0.0291 e. The van der Waals surface area contributed by atoms with E-state index < -0.39 is 0 Å². The third kappa shape index (κ3) is 3.26. The SMILES string of the molecule is Cc1ccc([C@H](C)NCC2CCSC2)cc1. The lowest BCUT2D eigenvalue weighted by molar-refractivity contribution is 0.477. The number of benzene rings is 1. The smallest absolute Gasteiger partial charge is 0.0291 e. The number of hydrogen-bond acceptors (Lipinski definition) is 2. The first-order valence-corrected chi connectivity index (χ1v) is 7.29. The summed E-state index contributed by atoms with van der Waals surface area (Å²) in [6.07, 6.45) is 1.39. The summed E-state index contributed by atoms with van der Waals surface area (Å²) in [4.78, 5) is 0. The zero-order chi connectivity index (χ0) is 11.4. The standard InChI is InChI=1S/C14H21NS/c1-11-3-5-14(6-4-11)12(2)15-9-13-7-8-16-10-13/h3-6,12-13,15H,7-10H2,1-2H3/t12-,13?/m0/s1. The van der Waals surface area contributed by atoms with Crippen LogP contribution in [-0.4, -0.2) is 18.1 Å². The molecule has 1 aromatic rings. The van der Waals surface area contributed by atoms with E-state index in [0.717, 1.165) is 5.92 Å². The first kappa shape index (κ1) is 12.0. The average molecular weight is 235 g/mol. The molecule has 0 radical (unpaired) electrons. The highest BCUT2D eigenvalue weighted by Gasteiger charge is 2.16. The van der Waals surface area contributed by atoms with Gasteiger partial charge in [-0.1, -0.05) is 29.8 Å². The summed E-state index contributed by atoms with van der Waals surface area (Å²) >= 11 is 2.09. The third-order valence-electron chi connectivity index (χ3n) is 3.31. The second-order valence-corrected chi connectivity index (χ2v) is 5.92. The summed E-state index contributed by atoms with van der Waals surface area (Å²) in [5.74, 6) is 3.58. The molecule has 1 aliphatic heterocycles. The maximum absolute atomic E-state index is 3.65. The molecule has 0 saturated carbocycles. The number of hydrogen-bond donors (Lipinski definition) is 1. The van der Waals surface area contributed by atoms with Gasteiger partial charge < -0.3 is 5.32 Å². The van der Waals surface area contributed by atoms with Crippen molar-refractivity contribution in [1.82, 2.24) is 5.32 Å². The molecule has 2 rings (SSSR count). The minimum atomic E-state index is 0.478. The normalized spacial score (nSPS) is 22.2. The Morgan fingerprint density at radius 1 is 1.38 bits per heavy atom. The van der Waals surface area contributed by atoms with Gasteiger partial charge in [-0.25, -0.2) is 0 Å². The van der Waals surface area contributed by atoms with Crippen LogP contribution in [0.1, 0.15) is 30.5 Å². The van der Waals surface area contributed by atoms with E-state index in [1.54, 1.807) is 0 Å². The van der Waals surface area contributed by atoms with Gasteiger partial charge in [-0.05, 0) is 49.8 Å². The maximum atomic E-state index is 3.65. The van der Waals surface area contributed by atoms with Gasteiger partial charge in [-0.2, -0.15) is 11.8 Å². The Balaban J connectivity index is 1.82. The van der Waals surface area contributed by atoms with E-state index in [1.807, 2.05) is 0 Å². The zero-order valence-corrected chi connectivity index (χ0v) is 11.0. The van der Waals surface area contributed by atoms with Gasteiger partial charge in [0.15, 0.2) is 0 Å². The predicted octanol–water partition coefficient (Wildman–Crippen LogP) is 3.40. The Hall–Kier alpha value is -0.470. The molecule has 2 atom stereocenters. The molecule has 0 spiro atoms. The van der Waals surface area contributed by atoms with Crippen molar-refractivity contribution >= 4 is 11.8 Å². The van der Waals surface area contributed by atoms with Gasteiger partial charge in [0, 0.05) is 6.04 Å². The summed E-state index contributed by atoms with van der Waals surface area (Å²) in [6, 6.07) is 9.33. The second-order valence-electron chi connectivity index (χ2n) is 4.77. The first-order valence-electron chi connectivity index (χ1n) is 6.13. The molecule has 1 aromatic carbocycles. The number of aryl methyl sites for hydroxylation is 1. The summed E-state index contributed by atoms with van der Waals surface area (Å²) < 4.78 is 0. The molecule has 1 aliphatic rings. The lowest BCUT2D eigenvalue weighted by Crippen LogP contribution is -2.25. The Labute approximate surface area is 103 Å². The van der Waals surface area contributed by atoms with E-state index in [0.29, 0.717) is 6.04 Å². The molecular weight excluding hydrogens is 214 g/mol. The molecule has 2 heteroatoms. The van der Waals surface area contributed by atoms with Gasteiger partial charge in [-0.3, -0.25) is 0 Å². The molecule has 1 nitrogen and oxygen atoms in total. The Morgan fingerprint density at radius 2 is 2.12 bits per heavy atom. The van der Waals surface area contributed by atoms with Crippen LogP contribution < -0.4 is 5.32 Å². The van der Waals surface area contributed by atoms with Crippen LogP contribution in [0.4, 0.5) is 0 Å². The Bertz CT molecular complexity index is 314. The van der Waals surface area contributed by atoms with Crippen molar-refractivity contribution in [3.63, 3.8) is 0 Å². The van der Waals surface area contributed by atoms with Crippen molar-refractivity contribution < 1.29 is 0 Å². The molecule has 1 fully saturated rings. The van der Waals surface area contributed by atoms with Crippen LogP contribution in [0.25, 0.3) is 0 Å². The summed E-state index contributed by atoms with van der Waals surface area (Å²) in [6.45, 7) is 5.56. The van der Waals surface area contributed by atoms with Gasteiger partial charge in [0.2, 0.25) is 0 Å². The quantitative estimate of drug-likeness (QED) is 0.858. The summed E-state index contributed by atoms with van der Waals surface area (Å²) in [5.41, 5.74) is 2.74. The Kier molecular flexibility index (Phi) is 4.30. The number of thioether (sulfide) groups is 1. The molecule has 1 saturated heterocycles. The molecule has 1 heterocycles. The second kappa shape index (κ2) is 5.74. The Morgan fingerprint density at radius 3 is 2.75 bits per heavy atom. The molecule has 1 unspecified atom stereocenters. The lowest BCUT2D eigenvalue weighted by Gasteiger charge is -2.17. The van der Waals surface area contributed by atoms with Crippen LogP contribution in [0, 0.1) is 12.8 Å². The van der Waals surface area contributed by atoms with Gasteiger partial charge in [-0.15, -0.1) is 0 Å². The van der Waals surface area contributed by atoms with E-state index in [2.05, 4.69) is 55.2 Å². The van der Waals surface area contributed by atoms with E-state index >= 15 is 0 Å². The van der Waals surface area contributed by atoms with Crippen molar-refractivity contribution in [3.05, 3.63) is 35.4 Å². The minimum Gasteiger partial charge on any atom is -0.310 e. The van der Waals surface area contributed by atoms with Crippen LogP contribution in [0.2, 0.25) is 0 Å². The highest BCUT2D eigenvalue weighted by atomic mass is 32.2. The first-order chi connectivity index (χ1) is 7.75. The zero-order valence-electron chi connectivity index (χ0n) is 10.2. The van der Waals surface area contributed by atoms with Gasteiger partial charge in [0.05, 0.1) is 0 Å². The molecule has 0 bridgehead atoms. The van der Waals surface area contributed by atoms with Gasteiger partial charge in [0.1, 0.15) is 0 Å². The highest BCUT2D eigenvalue weighted by Crippen LogP contribution is 2.23. The van der Waals surface area contributed by atoms with Crippen LogP contribution >= 0.6 is 11.8 Å². The topological polar surface area (TPSA) is 12.0 Å². The summed E-state index contributed by atoms with van der Waals surface area (Å²) in [5, 5.41) is 3.65.